The van der Waals surface area contributed by atoms with Crippen LogP contribution in [-0.4, -0.2) is 66.9 Å². The molecule has 0 radical (unpaired) electrons. The Morgan fingerprint density at radius 2 is 1.57 bits per heavy atom. The Balaban J connectivity index is 1.86. The standard InChI is InChI=1S/C15H20ClN3O2/c1-17(2)15(21)19-9-7-18(8-10-19)14(20)11-12-3-5-13(16)6-4-12/h3-6H,7-11H2,1-2H3. The van der Waals surface area contributed by atoms with E-state index in [1.807, 2.05) is 17.0 Å². The highest BCUT2D eigenvalue weighted by atomic mass is 35.5. The number of halogens is 1. The molecule has 3 amide bonds. The Hall–Kier alpha value is -1.75. The van der Waals surface area contributed by atoms with E-state index < -0.39 is 0 Å². The molecule has 0 aromatic heterocycles. The molecule has 6 heteroatoms. The summed E-state index contributed by atoms with van der Waals surface area (Å²) in [7, 11) is 3.47. The lowest BCUT2D eigenvalue weighted by Crippen LogP contribution is -2.53. The van der Waals surface area contributed by atoms with Gasteiger partial charge in [-0.1, -0.05) is 23.7 Å². The van der Waals surface area contributed by atoms with E-state index in [1.54, 1.807) is 36.0 Å². The van der Waals surface area contributed by atoms with Crippen molar-refractivity contribution in [2.75, 3.05) is 40.3 Å². The number of benzene rings is 1. The molecule has 21 heavy (non-hydrogen) atoms. The number of urea groups is 1. The van der Waals surface area contributed by atoms with Gasteiger partial charge in [-0.3, -0.25) is 4.79 Å². The Bertz CT molecular complexity index is 508. The maximum atomic E-state index is 12.2. The van der Waals surface area contributed by atoms with Crippen molar-refractivity contribution < 1.29 is 9.59 Å². The zero-order valence-corrected chi connectivity index (χ0v) is 13.1. The summed E-state index contributed by atoms with van der Waals surface area (Å²) in [4.78, 5) is 29.2. The van der Waals surface area contributed by atoms with E-state index in [2.05, 4.69) is 0 Å². The normalized spacial score (nSPS) is 15.0. The van der Waals surface area contributed by atoms with E-state index in [1.165, 1.54) is 0 Å². The van der Waals surface area contributed by atoms with Crippen LogP contribution in [-0.2, 0) is 11.2 Å². The molecule has 0 unspecified atom stereocenters. The summed E-state index contributed by atoms with van der Waals surface area (Å²) in [5.74, 6) is 0.0919. The SMILES string of the molecule is CN(C)C(=O)N1CCN(C(=O)Cc2ccc(Cl)cc2)CC1. The summed E-state index contributed by atoms with van der Waals surface area (Å²) in [6.45, 7) is 2.35. The smallest absolute Gasteiger partial charge is 0.319 e. The van der Waals surface area contributed by atoms with Crippen molar-refractivity contribution in [2.45, 2.75) is 6.42 Å². The Kier molecular flexibility index (Phi) is 5.07. The fourth-order valence-electron chi connectivity index (χ4n) is 2.32. The van der Waals surface area contributed by atoms with Gasteiger partial charge in [0.1, 0.15) is 0 Å². The van der Waals surface area contributed by atoms with Crippen molar-refractivity contribution in [3.8, 4) is 0 Å². The molecule has 1 aromatic rings. The van der Waals surface area contributed by atoms with Gasteiger partial charge in [0.2, 0.25) is 5.91 Å². The molecule has 0 spiro atoms. The van der Waals surface area contributed by atoms with Crippen LogP contribution in [0.15, 0.2) is 24.3 Å². The molecule has 1 saturated heterocycles. The number of rotatable bonds is 2. The number of hydrogen-bond donors (Lipinski definition) is 0. The Labute approximate surface area is 130 Å². The lowest BCUT2D eigenvalue weighted by atomic mass is 10.1. The fourth-order valence-corrected chi connectivity index (χ4v) is 2.44. The lowest BCUT2D eigenvalue weighted by Gasteiger charge is -2.36. The molecule has 1 aromatic carbocycles. The minimum atomic E-state index is -0.000185. The predicted octanol–water partition coefficient (Wildman–Crippen LogP) is 1.71. The third kappa shape index (κ3) is 4.11. The van der Waals surface area contributed by atoms with Gasteiger partial charge in [-0.2, -0.15) is 0 Å². The molecule has 114 valence electrons. The van der Waals surface area contributed by atoms with Crippen molar-refractivity contribution in [2.24, 2.45) is 0 Å². The number of piperazine rings is 1. The molecule has 0 saturated carbocycles. The summed E-state index contributed by atoms with van der Waals surface area (Å²) < 4.78 is 0. The van der Waals surface area contributed by atoms with Crippen molar-refractivity contribution in [1.82, 2.24) is 14.7 Å². The maximum absolute atomic E-state index is 12.2. The second kappa shape index (κ2) is 6.80. The molecule has 0 bridgehead atoms. The van der Waals surface area contributed by atoms with Crippen molar-refractivity contribution in [3.05, 3.63) is 34.9 Å². The van der Waals surface area contributed by atoms with Crippen molar-refractivity contribution in [1.29, 1.82) is 0 Å². The van der Waals surface area contributed by atoms with E-state index in [-0.39, 0.29) is 11.9 Å². The van der Waals surface area contributed by atoms with Crippen LogP contribution < -0.4 is 0 Å². The largest absolute Gasteiger partial charge is 0.339 e. The summed E-state index contributed by atoms with van der Waals surface area (Å²) >= 11 is 5.83. The van der Waals surface area contributed by atoms with Gasteiger partial charge in [0.25, 0.3) is 0 Å². The van der Waals surface area contributed by atoms with Crippen LogP contribution in [0.3, 0.4) is 0 Å². The van der Waals surface area contributed by atoms with E-state index in [0.717, 1.165) is 5.56 Å². The van der Waals surface area contributed by atoms with Crippen LogP contribution in [0, 0.1) is 0 Å². The van der Waals surface area contributed by atoms with Crippen LogP contribution in [0.2, 0.25) is 5.02 Å². The van der Waals surface area contributed by atoms with Crippen LogP contribution in [0.1, 0.15) is 5.56 Å². The molecular formula is C15H20ClN3O2. The van der Waals surface area contributed by atoms with Crippen LogP contribution in [0.25, 0.3) is 0 Å². The maximum Gasteiger partial charge on any atom is 0.319 e. The number of carbonyl (C=O) groups is 2. The van der Waals surface area contributed by atoms with E-state index >= 15 is 0 Å². The summed E-state index contributed by atoms with van der Waals surface area (Å²) in [6, 6.07) is 7.31. The first-order chi connectivity index (χ1) is 9.97. The summed E-state index contributed by atoms with van der Waals surface area (Å²) in [5, 5.41) is 0.669. The van der Waals surface area contributed by atoms with E-state index in [0.29, 0.717) is 37.6 Å². The van der Waals surface area contributed by atoms with Gasteiger partial charge >= 0.3 is 6.03 Å². The molecule has 0 atom stereocenters. The lowest BCUT2D eigenvalue weighted by molar-refractivity contribution is -0.131. The summed E-state index contributed by atoms with van der Waals surface area (Å²) in [5.41, 5.74) is 0.955. The van der Waals surface area contributed by atoms with Gasteiger partial charge in [-0.25, -0.2) is 4.79 Å². The topological polar surface area (TPSA) is 43.9 Å². The highest BCUT2D eigenvalue weighted by molar-refractivity contribution is 6.30. The number of carbonyl (C=O) groups excluding carboxylic acids is 2. The van der Waals surface area contributed by atoms with Crippen LogP contribution in [0.5, 0.6) is 0 Å². The predicted molar refractivity (Wildman–Crippen MR) is 82.4 cm³/mol. The minimum absolute atomic E-state index is 0.000185. The molecule has 0 N–H and O–H groups in total. The molecule has 1 heterocycles. The summed E-state index contributed by atoms with van der Waals surface area (Å²) in [6.07, 6.45) is 0.374. The van der Waals surface area contributed by atoms with Gasteiger partial charge < -0.3 is 14.7 Å². The van der Waals surface area contributed by atoms with E-state index in [9.17, 15) is 9.59 Å². The van der Waals surface area contributed by atoms with Crippen molar-refractivity contribution >= 4 is 23.5 Å². The Morgan fingerprint density at radius 1 is 1.05 bits per heavy atom. The average Bonchev–Trinajstić information content (AvgIpc) is 2.49. The van der Waals surface area contributed by atoms with Gasteiger partial charge in [0.15, 0.2) is 0 Å². The fraction of sp³-hybridized carbons (Fsp3) is 0.467. The zero-order chi connectivity index (χ0) is 15.4. The molecule has 1 fully saturated rings. The van der Waals surface area contributed by atoms with E-state index in [4.69, 9.17) is 11.6 Å². The first kappa shape index (κ1) is 15.6. The van der Waals surface area contributed by atoms with Gasteiger partial charge in [0.05, 0.1) is 6.42 Å². The zero-order valence-electron chi connectivity index (χ0n) is 12.4. The first-order valence-electron chi connectivity index (χ1n) is 6.96. The first-order valence-corrected chi connectivity index (χ1v) is 7.33. The molecule has 2 rings (SSSR count). The number of amides is 3. The third-order valence-electron chi connectivity index (χ3n) is 3.55. The quantitative estimate of drug-likeness (QED) is 0.835. The molecule has 1 aliphatic rings. The Morgan fingerprint density at radius 3 is 2.10 bits per heavy atom. The minimum Gasteiger partial charge on any atom is -0.339 e. The molecule has 0 aliphatic carbocycles. The second-order valence-corrected chi connectivity index (χ2v) is 5.78. The van der Waals surface area contributed by atoms with Gasteiger partial charge in [-0.15, -0.1) is 0 Å². The monoisotopic (exact) mass is 309 g/mol. The van der Waals surface area contributed by atoms with Gasteiger partial charge in [-0.05, 0) is 17.7 Å². The van der Waals surface area contributed by atoms with Crippen molar-refractivity contribution in [3.63, 3.8) is 0 Å². The molecule has 1 aliphatic heterocycles. The average molecular weight is 310 g/mol. The number of nitrogens with zero attached hydrogens (tertiary/aromatic N) is 3. The third-order valence-corrected chi connectivity index (χ3v) is 3.81. The van der Waals surface area contributed by atoms with Gasteiger partial charge in [0, 0.05) is 45.3 Å². The van der Waals surface area contributed by atoms with Crippen LogP contribution >= 0.6 is 11.6 Å². The molecule has 5 nitrogen and oxygen atoms in total. The number of hydrogen-bond acceptors (Lipinski definition) is 2. The highest BCUT2D eigenvalue weighted by Gasteiger charge is 2.24. The molecular weight excluding hydrogens is 290 g/mol. The highest BCUT2D eigenvalue weighted by Crippen LogP contribution is 2.12. The van der Waals surface area contributed by atoms with Crippen LogP contribution in [0.4, 0.5) is 4.79 Å². The second-order valence-electron chi connectivity index (χ2n) is 5.35.